The maximum Gasteiger partial charge on any atom is 0.491 e. The molecule has 0 radical (unpaired) electrons. The summed E-state index contributed by atoms with van der Waals surface area (Å²) in [5, 5.41) is 0. The number of nitrogens with zero attached hydrogens (tertiary/aromatic N) is 4. The Morgan fingerprint density at radius 1 is 1.05 bits per heavy atom. The maximum absolute atomic E-state index is 13.4. The Bertz CT molecular complexity index is 1540. The van der Waals surface area contributed by atoms with Gasteiger partial charge in [0.05, 0.1) is 11.3 Å². The van der Waals surface area contributed by atoms with Crippen LogP contribution in [0.15, 0.2) is 60.9 Å². The second kappa shape index (κ2) is 11.5. The van der Waals surface area contributed by atoms with E-state index in [0.29, 0.717) is 36.1 Å². The topological polar surface area (TPSA) is 101 Å². The number of ether oxygens (including phenoxy) is 1. The Labute approximate surface area is 234 Å². The Morgan fingerprint density at radius 3 is 2.44 bits per heavy atom. The number of imidazole rings is 1. The molecule has 5 rings (SSSR count). The van der Waals surface area contributed by atoms with E-state index in [4.69, 9.17) is 0 Å². The predicted octanol–water partition coefficient (Wildman–Crippen LogP) is 5.71. The lowest BCUT2D eigenvalue weighted by Crippen LogP contribution is -2.39. The number of aromatic nitrogens is 4. The number of carbonyl (C=O) groups excluding carboxylic acids is 2. The van der Waals surface area contributed by atoms with Crippen LogP contribution in [0.1, 0.15) is 40.2 Å². The van der Waals surface area contributed by atoms with Gasteiger partial charge < -0.3 is 14.6 Å². The van der Waals surface area contributed by atoms with E-state index in [1.165, 1.54) is 23.9 Å². The molecule has 1 aromatic carbocycles. The molecule has 0 saturated carbocycles. The fourth-order valence-corrected chi connectivity index (χ4v) is 4.87. The Morgan fingerprint density at radius 2 is 1.78 bits per heavy atom. The normalized spacial score (nSPS) is 14.2. The fourth-order valence-electron chi connectivity index (χ4n) is 4.87. The highest BCUT2D eigenvalue weighted by Gasteiger charge is 2.42. The fraction of sp³-hybridized carbons (Fsp3) is 0.300. The molecule has 1 N–H and O–H groups in total. The van der Waals surface area contributed by atoms with Crippen LogP contribution < -0.4 is 4.74 Å². The van der Waals surface area contributed by atoms with Crippen molar-refractivity contribution in [1.29, 1.82) is 0 Å². The molecule has 4 heterocycles. The number of nitrogens with one attached hydrogen (secondary N) is 1. The molecule has 41 heavy (non-hydrogen) atoms. The van der Waals surface area contributed by atoms with E-state index < -0.39 is 18.0 Å². The second-order valence-corrected chi connectivity index (χ2v) is 10.1. The smallest absolute Gasteiger partial charge is 0.400 e. The van der Waals surface area contributed by atoms with Gasteiger partial charge in [-0.2, -0.15) is 13.2 Å². The van der Waals surface area contributed by atoms with Crippen LogP contribution in [0.5, 0.6) is 5.88 Å². The van der Waals surface area contributed by atoms with Gasteiger partial charge in [0.15, 0.2) is 5.82 Å². The van der Waals surface area contributed by atoms with Crippen molar-refractivity contribution in [2.75, 3.05) is 13.1 Å². The molecule has 1 fully saturated rings. The Kier molecular flexibility index (Phi) is 7.87. The zero-order chi connectivity index (χ0) is 29.1. The van der Waals surface area contributed by atoms with E-state index in [0.717, 1.165) is 36.8 Å². The number of H-pyrrole nitrogens is 1. The number of halogens is 3. The molecule has 1 amide bonds. The number of hydrogen-bond donors (Lipinski definition) is 1. The lowest BCUT2D eigenvalue weighted by Gasteiger charge is -2.32. The SMILES string of the molecule is Cc1nc(-c2cc(-c3cc(C(=O)N4CCC(Cc5ccccc5)CC4)cnc3OC(=O)C(F)(F)F)ccn2)[nH]c1C. The number of amides is 1. The molecule has 8 nitrogen and oxygen atoms in total. The number of benzene rings is 1. The molecule has 0 aliphatic carbocycles. The summed E-state index contributed by atoms with van der Waals surface area (Å²) in [7, 11) is 0. The van der Waals surface area contributed by atoms with Gasteiger partial charge in [0, 0.05) is 36.7 Å². The van der Waals surface area contributed by atoms with Crippen molar-refractivity contribution in [2.24, 2.45) is 5.92 Å². The van der Waals surface area contributed by atoms with Crippen LogP contribution in [0.4, 0.5) is 13.2 Å². The highest BCUT2D eigenvalue weighted by molar-refractivity contribution is 5.96. The minimum atomic E-state index is -5.22. The molecule has 1 saturated heterocycles. The number of hydrogen-bond acceptors (Lipinski definition) is 6. The molecule has 3 aromatic heterocycles. The van der Waals surface area contributed by atoms with E-state index >= 15 is 0 Å². The van der Waals surface area contributed by atoms with Crippen molar-refractivity contribution in [3.63, 3.8) is 0 Å². The number of esters is 1. The average Bonchev–Trinajstić information content (AvgIpc) is 3.31. The number of aryl methyl sites for hydroxylation is 2. The molecule has 0 bridgehead atoms. The van der Waals surface area contributed by atoms with Gasteiger partial charge in [0.2, 0.25) is 5.88 Å². The van der Waals surface area contributed by atoms with Crippen molar-refractivity contribution in [3.05, 3.63) is 83.4 Å². The minimum absolute atomic E-state index is 0.0519. The number of likely N-dealkylation sites (tertiary alicyclic amines) is 1. The van der Waals surface area contributed by atoms with E-state index in [2.05, 4.69) is 36.8 Å². The molecule has 11 heteroatoms. The Hall–Kier alpha value is -4.54. The van der Waals surface area contributed by atoms with Crippen LogP contribution in [-0.2, 0) is 11.2 Å². The lowest BCUT2D eigenvalue weighted by molar-refractivity contribution is -0.189. The summed E-state index contributed by atoms with van der Waals surface area (Å²) in [6, 6.07) is 14.7. The summed E-state index contributed by atoms with van der Waals surface area (Å²) < 4.78 is 43.7. The van der Waals surface area contributed by atoms with Crippen LogP contribution in [0.2, 0.25) is 0 Å². The van der Waals surface area contributed by atoms with Crippen LogP contribution in [-0.4, -0.2) is 56.0 Å². The van der Waals surface area contributed by atoms with Gasteiger partial charge in [-0.15, -0.1) is 0 Å². The van der Waals surface area contributed by atoms with E-state index in [9.17, 15) is 22.8 Å². The molecule has 212 valence electrons. The molecule has 0 atom stereocenters. The van der Waals surface area contributed by atoms with Gasteiger partial charge >= 0.3 is 12.1 Å². The van der Waals surface area contributed by atoms with Crippen LogP contribution in [0.3, 0.4) is 0 Å². The first-order valence-electron chi connectivity index (χ1n) is 13.2. The molecular weight excluding hydrogens is 535 g/mol. The van der Waals surface area contributed by atoms with Gasteiger partial charge in [-0.3, -0.25) is 9.78 Å². The molecule has 1 aliphatic heterocycles. The van der Waals surface area contributed by atoms with Gasteiger partial charge in [-0.25, -0.2) is 14.8 Å². The van der Waals surface area contributed by atoms with Gasteiger partial charge in [0.25, 0.3) is 5.91 Å². The minimum Gasteiger partial charge on any atom is -0.400 e. The first-order valence-corrected chi connectivity index (χ1v) is 13.2. The third-order valence-corrected chi connectivity index (χ3v) is 7.23. The number of pyridine rings is 2. The summed E-state index contributed by atoms with van der Waals surface area (Å²) in [6.07, 6.45) is -0.0195. The summed E-state index contributed by atoms with van der Waals surface area (Å²) in [6.45, 7) is 4.78. The first kappa shape index (κ1) is 28.0. The predicted molar refractivity (Wildman–Crippen MR) is 145 cm³/mol. The summed E-state index contributed by atoms with van der Waals surface area (Å²) in [5.74, 6) is -2.35. The van der Waals surface area contributed by atoms with Crippen LogP contribution in [0, 0.1) is 19.8 Å². The van der Waals surface area contributed by atoms with Crippen molar-refractivity contribution in [2.45, 2.75) is 39.3 Å². The van der Waals surface area contributed by atoms with E-state index in [1.807, 2.05) is 32.0 Å². The van der Waals surface area contributed by atoms with Crippen LogP contribution in [0.25, 0.3) is 22.6 Å². The van der Waals surface area contributed by atoms with Gasteiger partial charge in [0.1, 0.15) is 5.69 Å². The molecular formula is C30H28F3N5O3. The second-order valence-electron chi connectivity index (χ2n) is 10.1. The zero-order valence-electron chi connectivity index (χ0n) is 22.5. The lowest BCUT2D eigenvalue weighted by atomic mass is 9.90. The summed E-state index contributed by atoms with van der Waals surface area (Å²) >= 11 is 0. The van der Waals surface area contributed by atoms with Crippen LogP contribution >= 0.6 is 0 Å². The van der Waals surface area contributed by atoms with Gasteiger partial charge in [-0.05, 0) is 68.4 Å². The van der Waals surface area contributed by atoms with E-state index in [1.54, 1.807) is 11.0 Å². The number of alkyl halides is 3. The highest BCUT2D eigenvalue weighted by Crippen LogP contribution is 2.33. The van der Waals surface area contributed by atoms with Crippen molar-refractivity contribution < 1.29 is 27.5 Å². The van der Waals surface area contributed by atoms with Gasteiger partial charge in [-0.1, -0.05) is 30.3 Å². The third-order valence-electron chi connectivity index (χ3n) is 7.23. The largest absolute Gasteiger partial charge is 0.491 e. The highest BCUT2D eigenvalue weighted by atomic mass is 19.4. The quantitative estimate of drug-likeness (QED) is 0.302. The number of aromatic amines is 1. The number of carbonyl (C=O) groups is 2. The first-order chi connectivity index (χ1) is 19.6. The standard InChI is InChI=1S/C30H28F3N5O3/c1-18-19(2)37-26(36-18)25-16-22(8-11-34-25)24-15-23(17-35-27(24)41-29(40)30(31,32)33)28(39)38-12-9-21(10-13-38)14-20-6-4-3-5-7-20/h3-8,11,15-17,21H,9-10,12-14H2,1-2H3,(H,36,37). The summed E-state index contributed by atoms with van der Waals surface area (Å²) in [5.41, 5.74) is 3.88. The zero-order valence-corrected chi connectivity index (χ0v) is 22.5. The number of piperidine rings is 1. The molecule has 4 aromatic rings. The number of rotatable bonds is 6. The molecule has 1 aliphatic rings. The maximum atomic E-state index is 13.4. The Balaban J connectivity index is 1.41. The van der Waals surface area contributed by atoms with Crippen molar-refractivity contribution in [1.82, 2.24) is 24.8 Å². The average molecular weight is 564 g/mol. The molecule has 0 unspecified atom stereocenters. The third kappa shape index (κ3) is 6.45. The molecule has 0 spiro atoms. The van der Waals surface area contributed by atoms with Crippen molar-refractivity contribution in [3.8, 4) is 28.5 Å². The van der Waals surface area contributed by atoms with Crippen molar-refractivity contribution >= 4 is 11.9 Å². The van der Waals surface area contributed by atoms with E-state index in [-0.39, 0.29) is 17.0 Å². The monoisotopic (exact) mass is 563 g/mol. The summed E-state index contributed by atoms with van der Waals surface area (Å²) in [4.78, 5) is 42.7.